The first kappa shape index (κ1) is 20.5. The fourth-order valence-electron chi connectivity index (χ4n) is 3.61. The summed E-state index contributed by atoms with van der Waals surface area (Å²) in [5.41, 5.74) is 3.85. The van der Waals surface area contributed by atoms with E-state index in [1.165, 1.54) is 5.56 Å². The molecule has 4 heteroatoms. The van der Waals surface area contributed by atoms with Crippen molar-refractivity contribution in [3.63, 3.8) is 0 Å². The lowest BCUT2D eigenvalue weighted by molar-refractivity contribution is 0.370. The Kier molecular flexibility index (Phi) is 5.90. The average molecular weight is 394 g/mol. The van der Waals surface area contributed by atoms with Crippen molar-refractivity contribution in [1.82, 2.24) is 0 Å². The lowest BCUT2D eigenvalue weighted by Crippen LogP contribution is -2.23. The zero-order valence-electron chi connectivity index (χ0n) is 16.8. The van der Waals surface area contributed by atoms with Gasteiger partial charge in [-0.2, -0.15) is 0 Å². The van der Waals surface area contributed by atoms with Crippen LogP contribution >= 0.6 is 8.60 Å². The van der Waals surface area contributed by atoms with E-state index in [0.717, 1.165) is 16.7 Å². The van der Waals surface area contributed by atoms with Crippen LogP contribution in [-0.2, 0) is 10.8 Å². The Morgan fingerprint density at radius 2 is 1.14 bits per heavy atom. The zero-order valence-corrected chi connectivity index (χ0v) is 17.6. The molecule has 0 aliphatic heterocycles. The highest BCUT2D eigenvalue weighted by atomic mass is 31.2. The predicted octanol–water partition coefficient (Wildman–Crippen LogP) is 5.93. The molecule has 0 aromatic heterocycles. The number of rotatable bonds is 6. The topological polar surface area (TPSA) is 49.7 Å². The van der Waals surface area contributed by atoms with E-state index in [1.54, 1.807) is 0 Å². The number of benzene rings is 3. The van der Waals surface area contributed by atoms with E-state index in [9.17, 15) is 9.79 Å². The molecule has 0 spiro atoms. The van der Waals surface area contributed by atoms with Gasteiger partial charge in [0.2, 0.25) is 0 Å². The van der Waals surface area contributed by atoms with Crippen LogP contribution in [0.5, 0.6) is 5.75 Å². The molecule has 3 aromatic rings. The Balaban J connectivity index is 2.15. The van der Waals surface area contributed by atoms with Gasteiger partial charge in [0, 0.05) is 16.4 Å². The van der Waals surface area contributed by atoms with Gasteiger partial charge in [0.15, 0.2) is 0 Å². The van der Waals surface area contributed by atoms with Gasteiger partial charge in [-0.1, -0.05) is 100 Å². The normalized spacial score (nSPS) is 12.2. The molecule has 3 rings (SSSR count). The Labute approximate surface area is 168 Å². The molecule has 0 saturated heterocycles. The van der Waals surface area contributed by atoms with Crippen molar-refractivity contribution < 1.29 is 14.3 Å². The van der Waals surface area contributed by atoms with E-state index in [1.807, 2.05) is 48.5 Å². The summed E-state index contributed by atoms with van der Waals surface area (Å²) in [5, 5.41) is 0. The maximum atomic E-state index is 9.47. The van der Waals surface area contributed by atoms with Gasteiger partial charge in [0.05, 0.1) is 0 Å². The molecule has 0 aliphatic carbocycles. The molecule has 0 saturated carbocycles. The molecule has 2 N–H and O–H groups in total. The average Bonchev–Trinajstić information content (AvgIpc) is 2.69. The van der Waals surface area contributed by atoms with Gasteiger partial charge < -0.3 is 14.3 Å². The fraction of sp³-hybridized carbons (Fsp3) is 0.250. The molecule has 0 fully saturated rings. The van der Waals surface area contributed by atoms with E-state index < -0.39 is 8.60 Å². The molecule has 0 aliphatic rings. The molecule has 0 heterocycles. The second-order valence-electron chi connectivity index (χ2n) is 8.04. The maximum absolute atomic E-state index is 9.47. The van der Waals surface area contributed by atoms with Crippen molar-refractivity contribution in [2.75, 3.05) is 0 Å². The molecule has 28 heavy (non-hydrogen) atoms. The maximum Gasteiger partial charge on any atom is 0.391 e. The Hall–Kier alpha value is -2.19. The van der Waals surface area contributed by atoms with Gasteiger partial charge >= 0.3 is 8.60 Å². The molecule has 0 radical (unpaired) electrons. The SMILES string of the molecule is CC(C)(c1ccccc1)c1ccc(OP(O)O)c(C(C)(C)c2ccccc2)c1. The quantitative estimate of drug-likeness (QED) is 0.510. The summed E-state index contributed by atoms with van der Waals surface area (Å²) in [6.45, 7) is 8.65. The van der Waals surface area contributed by atoms with Crippen LogP contribution in [0, 0.1) is 0 Å². The van der Waals surface area contributed by atoms with E-state index in [4.69, 9.17) is 4.52 Å². The van der Waals surface area contributed by atoms with Crippen molar-refractivity contribution in [2.45, 2.75) is 38.5 Å². The van der Waals surface area contributed by atoms with E-state index in [2.05, 4.69) is 58.0 Å². The van der Waals surface area contributed by atoms with Crippen molar-refractivity contribution in [3.8, 4) is 5.75 Å². The molecule has 3 nitrogen and oxygen atoms in total. The summed E-state index contributed by atoms with van der Waals surface area (Å²) in [4.78, 5) is 18.9. The third-order valence-corrected chi connectivity index (χ3v) is 5.91. The monoisotopic (exact) mass is 394 g/mol. The molecule has 0 atom stereocenters. The molecular weight excluding hydrogens is 367 g/mol. The van der Waals surface area contributed by atoms with Gasteiger partial charge in [-0.05, 0) is 22.8 Å². The Morgan fingerprint density at radius 3 is 1.64 bits per heavy atom. The van der Waals surface area contributed by atoms with Gasteiger partial charge in [0.25, 0.3) is 0 Å². The fourth-order valence-corrected chi connectivity index (χ4v) is 3.94. The summed E-state index contributed by atoms with van der Waals surface area (Å²) >= 11 is 0. The van der Waals surface area contributed by atoms with E-state index >= 15 is 0 Å². The molecule has 0 unspecified atom stereocenters. The van der Waals surface area contributed by atoms with Crippen LogP contribution in [0.25, 0.3) is 0 Å². The predicted molar refractivity (Wildman–Crippen MR) is 116 cm³/mol. The first-order chi connectivity index (χ1) is 13.2. The summed E-state index contributed by atoms with van der Waals surface area (Å²) in [6, 6.07) is 26.6. The number of hydrogen-bond acceptors (Lipinski definition) is 3. The summed E-state index contributed by atoms with van der Waals surface area (Å²) in [7, 11) is -2.49. The second kappa shape index (κ2) is 8.05. The van der Waals surface area contributed by atoms with Crippen molar-refractivity contribution in [2.24, 2.45) is 0 Å². The van der Waals surface area contributed by atoms with Crippen LogP contribution < -0.4 is 4.52 Å². The van der Waals surface area contributed by atoms with Gasteiger partial charge in [-0.15, -0.1) is 0 Å². The minimum Gasteiger partial charge on any atom is -0.427 e. The first-order valence-corrected chi connectivity index (χ1v) is 10.5. The molecule has 146 valence electrons. The van der Waals surface area contributed by atoms with E-state index in [0.29, 0.717) is 5.75 Å². The third-order valence-electron chi connectivity index (χ3n) is 5.55. The van der Waals surface area contributed by atoms with Gasteiger partial charge in [0.1, 0.15) is 5.75 Å². The smallest absolute Gasteiger partial charge is 0.391 e. The molecular formula is C24H27O3P. The van der Waals surface area contributed by atoms with Gasteiger partial charge in [-0.25, -0.2) is 0 Å². The molecule has 0 bridgehead atoms. The van der Waals surface area contributed by atoms with Crippen LogP contribution in [0.15, 0.2) is 78.9 Å². The summed E-state index contributed by atoms with van der Waals surface area (Å²) in [5.74, 6) is 0.498. The third kappa shape index (κ3) is 4.12. The Morgan fingerprint density at radius 1 is 0.643 bits per heavy atom. The van der Waals surface area contributed by atoms with E-state index in [-0.39, 0.29) is 10.8 Å². The lowest BCUT2D eigenvalue weighted by atomic mass is 9.73. The van der Waals surface area contributed by atoms with Crippen LogP contribution in [0.2, 0.25) is 0 Å². The van der Waals surface area contributed by atoms with Crippen LogP contribution in [0.4, 0.5) is 0 Å². The molecule has 3 aromatic carbocycles. The highest BCUT2D eigenvalue weighted by Crippen LogP contribution is 2.43. The van der Waals surface area contributed by atoms with Gasteiger partial charge in [-0.3, -0.25) is 0 Å². The minimum absolute atomic E-state index is 0.204. The zero-order chi connectivity index (χ0) is 20.4. The summed E-state index contributed by atoms with van der Waals surface area (Å²) in [6.07, 6.45) is 0. The standard InChI is InChI=1S/C24H27O3P/c1-23(2,18-11-7-5-8-12-18)20-15-16-22(27-28(25)26)21(17-20)24(3,4)19-13-9-6-10-14-19/h5-17,25-26H,1-4H3. The summed E-state index contributed by atoms with van der Waals surface area (Å²) < 4.78 is 5.40. The van der Waals surface area contributed by atoms with Crippen molar-refractivity contribution in [3.05, 3.63) is 101 Å². The van der Waals surface area contributed by atoms with Crippen molar-refractivity contribution >= 4 is 8.60 Å². The first-order valence-electron chi connectivity index (χ1n) is 9.35. The molecule has 0 amide bonds. The van der Waals surface area contributed by atoms with Crippen LogP contribution in [0.1, 0.15) is 49.9 Å². The number of hydrogen-bond donors (Lipinski definition) is 2. The second-order valence-corrected chi connectivity index (χ2v) is 8.73. The highest BCUT2D eigenvalue weighted by molar-refractivity contribution is 7.39. The largest absolute Gasteiger partial charge is 0.427 e. The van der Waals surface area contributed by atoms with Crippen LogP contribution in [-0.4, -0.2) is 9.79 Å². The highest BCUT2D eigenvalue weighted by Gasteiger charge is 2.31. The van der Waals surface area contributed by atoms with Crippen LogP contribution in [0.3, 0.4) is 0 Å². The lowest BCUT2D eigenvalue weighted by Gasteiger charge is -2.32. The minimum atomic E-state index is -2.49. The van der Waals surface area contributed by atoms with Crippen molar-refractivity contribution in [1.29, 1.82) is 0 Å². The Bertz CT molecular complexity index is 919.